The van der Waals surface area contributed by atoms with E-state index in [-0.39, 0.29) is 17.7 Å². The van der Waals surface area contributed by atoms with Crippen LogP contribution in [-0.4, -0.2) is 54.5 Å². The van der Waals surface area contributed by atoms with E-state index in [0.29, 0.717) is 48.4 Å². The quantitative estimate of drug-likeness (QED) is 0.338. The Balaban J connectivity index is 1.18. The van der Waals surface area contributed by atoms with Crippen molar-refractivity contribution in [1.29, 1.82) is 0 Å². The van der Waals surface area contributed by atoms with Crippen LogP contribution in [0.2, 0.25) is 5.02 Å². The minimum Gasteiger partial charge on any atom is -0.339 e. The zero-order valence-electron chi connectivity index (χ0n) is 21.9. The summed E-state index contributed by atoms with van der Waals surface area (Å²) in [6.07, 6.45) is 9.36. The highest BCUT2D eigenvalue weighted by molar-refractivity contribution is 6.32. The maximum absolute atomic E-state index is 13.1. The zero-order valence-corrected chi connectivity index (χ0v) is 22.6. The number of likely N-dealkylation sites (tertiary alicyclic amines) is 1. The molecule has 6 bridgehead atoms. The van der Waals surface area contributed by atoms with Gasteiger partial charge in [0.25, 0.3) is 5.91 Å². The Morgan fingerprint density at radius 3 is 2.85 bits per heavy atom. The molecule has 40 heavy (non-hydrogen) atoms. The number of amides is 2. The Morgan fingerprint density at radius 2 is 2.00 bits per heavy atom. The number of benzene rings is 1. The molecule has 2 amide bonds. The van der Waals surface area contributed by atoms with Gasteiger partial charge in [0.1, 0.15) is 10.7 Å². The summed E-state index contributed by atoms with van der Waals surface area (Å²) in [7, 11) is 1.78. The molecule has 204 valence electrons. The number of aromatic nitrogens is 5. The second-order valence-corrected chi connectivity index (χ2v) is 10.5. The Bertz CT molecular complexity index is 1590. The van der Waals surface area contributed by atoms with E-state index < -0.39 is 0 Å². The van der Waals surface area contributed by atoms with Crippen molar-refractivity contribution in [3.05, 3.63) is 77.0 Å². The number of nitrogens with one attached hydrogen (secondary N) is 3. The molecule has 4 aromatic rings. The van der Waals surface area contributed by atoms with E-state index in [1.807, 2.05) is 30.5 Å². The SMILES string of the molecule is Cn1ccc(C(=O)N2CC[C@@H](CC(=O)Nc3ccc4cc3CCc3cncc(c3)Nc3ncc(Cl)c(n3)N4)C2)n1. The van der Waals surface area contributed by atoms with Crippen LogP contribution in [0.15, 0.2) is 55.1 Å². The molecule has 1 aromatic carbocycles. The van der Waals surface area contributed by atoms with Crippen molar-refractivity contribution >= 4 is 52.2 Å². The van der Waals surface area contributed by atoms with Crippen LogP contribution in [0.3, 0.4) is 0 Å². The summed E-state index contributed by atoms with van der Waals surface area (Å²) < 4.78 is 1.61. The van der Waals surface area contributed by atoms with Crippen LogP contribution < -0.4 is 16.0 Å². The molecular weight excluding hydrogens is 530 g/mol. The average Bonchev–Trinajstić information content (AvgIpc) is 3.59. The van der Waals surface area contributed by atoms with Gasteiger partial charge in [-0.05, 0) is 66.6 Å². The first-order valence-corrected chi connectivity index (χ1v) is 13.5. The van der Waals surface area contributed by atoms with Crippen LogP contribution in [0.4, 0.5) is 28.8 Å². The van der Waals surface area contributed by atoms with Crippen LogP contribution in [0.5, 0.6) is 0 Å². The fourth-order valence-electron chi connectivity index (χ4n) is 5.09. The molecule has 0 spiro atoms. The molecule has 3 N–H and O–H groups in total. The third kappa shape index (κ3) is 5.74. The maximum Gasteiger partial charge on any atom is 0.274 e. The van der Waals surface area contributed by atoms with Gasteiger partial charge in [-0.2, -0.15) is 10.1 Å². The van der Waals surface area contributed by atoms with Crippen molar-refractivity contribution in [2.24, 2.45) is 13.0 Å². The molecule has 6 rings (SSSR count). The first-order chi connectivity index (χ1) is 19.4. The van der Waals surface area contributed by atoms with Crippen molar-refractivity contribution < 1.29 is 9.59 Å². The van der Waals surface area contributed by atoms with Gasteiger partial charge in [-0.15, -0.1) is 0 Å². The lowest BCUT2D eigenvalue weighted by molar-refractivity contribution is -0.117. The summed E-state index contributed by atoms with van der Waals surface area (Å²) in [5.41, 5.74) is 4.76. The lowest BCUT2D eigenvalue weighted by atomic mass is 10.0. The molecule has 0 aliphatic carbocycles. The second kappa shape index (κ2) is 10.9. The van der Waals surface area contributed by atoms with Crippen molar-refractivity contribution in [2.75, 3.05) is 29.0 Å². The van der Waals surface area contributed by atoms with E-state index in [0.717, 1.165) is 41.0 Å². The molecule has 0 saturated carbocycles. The number of hydrogen-bond acceptors (Lipinski definition) is 8. The lowest BCUT2D eigenvalue weighted by Crippen LogP contribution is -2.29. The number of pyridine rings is 1. The van der Waals surface area contributed by atoms with Gasteiger partial charge < -0.3 is 20.9 Å². The first-order valence-electron chi connectivity index (χ1n) is 13.1. The zero-order chi connectivity index (χ0) is 27.6. The van der Waals surface area contributed by atoms with Crippen molar-refractivity contribution in [3.8, 4) is 0 Å². The van der Waals surface area contributed by atoms with Gasteiger partial charge in [-0.1, -0.05) is 11.6 Å². The van der Waals surface area contributed by atoms with E-state index in [1.165, 1.54) is 0 Å². The minimum absolute atomic E-state index is 0.0756. The van der Waals surface area contributed by atoms with Gasteiger partial charge in [0.05, 0.1) is 18.1 Å². The van der Waals surface area contributed by atoms with Gasteiger partial charge in [0.15, 0.2) is 5.82 Å². The highest BCUT2D eigenvalue weighted by Crippen LogP contribution is 2.30. The van der Waals surface area contributed by atoms with E-state index in [1.54, 1.807) is 41.3 Å². The first kappa shape index (κ1) is 25.8. The third-order valence-electron chi connectivity index (χ3n) is 7.10. The topological polar surface area (TPSA) is 130 Å². The van der Waals surface area contributed by atoms with Crippen LogP contribution in [-0.2, 0) is 24.7 Å². The number of halogens is 1. The van der Waals surface area contributed by atoms with Crippen LogP contribution in [0.1, 0.15) is 34.5 Å². The molecular formula is C28H28ClN9O2. The van der Waals surface area contributed by atoms with Crippen LogP contribution >= 0.6 is 11.6 Å². The number of carbonyl (C=O) groups is 2. The fourth-order valence-corrected chi connectivity index (χ4v) is 5.23. The molecule has 5 heterocycles. The Morgan fingerprint density at radius 1 is 1.10 bits per heavy atom. The van der Waals surface area contributed by atoms with Gasteiger partial charge in [-0.25, -0.2) is 4.98 Å². The molecule has 12 heteroatoms. The van der Waals surface area contributed by atoms with Gasteiger partial charge in [-0.3, -0.25) is 19.3 Å². The maximum atomic E-state index is 13.1. The normalized spacial score (nSPS) is 16.1. The highest BCUT2D eigenvalue weighted by Gasteiger charge is 2.29. The Labute approximate surface area is 236 Å². The second-order valence-electron chi connectivity index (χ2n) is 10.1. The number of anilines is 5. The Hall–Kier alpha value is -4.51. The van der Waals surface area contributed by atoms with E-state index >= 15 is 0 Å². The highest BCUT2D eigenvalue weighted by atomic mass is 35.5. The molecule has 1 fully saturated rings. The summed E-state index contributed by atoms with van der Waals surface area (Å²) in [5, 5.41) is 14.2. The summed E-state index contributed by atoms with van der Waals surface area (Å²) >= 11 is 6.37. The molecule has 1 saturated heterocycles. The summed E-state index contributed by atoms with van der Waals surface area (Å²) in [6.45, 7) is 1.16. The molecule has 0 radical (unpaired) electrons. The molecule has 2 aliphatic heterocycles. The number of fused-ring (bicyclic) bond motifs is 6. The predicted molar refractivity (Wildman–Crippen MR) is 152 cm³/mol. The standard InChI is InChI=1S/C28H28ClN9O2/c1-37-8-7-24(36-37)27(40)38-9-6-18(16-38)11-25(39)34-23-5-4-20-12-19(23)3-2-17-10-21(14-30-13-17)33-28-31-15-22(29)26(32-20)35-28/h4-5,7-8,10,12-15,18H,2-3,6,9,11,16H2,1H3,(H,34,39)(H2,31,32,33,35)/t18-/m0/s1. The predicted octanol–water partition coefficient (Wildman–Crippen LogP) is 4.34. The summed E-state index contributed by atoms with van der Waals surface area (Å²) in [6, 6.07) is 9.50. The van der Waals surface area contributed by atoms with Crippen LogP contribution in [0, 0.1) is 5.92 Å². The van der Waals surface area contributed by atoms with E-state index in [9.17, 15) is 9.59 Å². The summed E-state index contributed by atoms with van der Waals surface area (Å²) in [4.78, 5) is 40.8. The van der Waals surface area contributed by atoms with Gasteiger partial charge in [0, 0.05) is 50.3 Å². The van der Waals surface area contributed by atoms with Crippen molar-refractivity contribution in [3.63, 3.8) is 0 Å². The monoisotopic (exact) mass is 557 g/mol. The fraction of sp³-hybridized carbons (Fsp3) is 0.286. The third-order valence-corrected chi connectivity index (χ3v) is 7.38. The lowest BCUT2D eigenvalue weighted by Gasteiger charge is -2.17. The number of carbonyl (C=O) groups excluding carboxylic acids is 2. The minimum atomic E-state index is -0.0949. The molecule has 1 atom stereocenters. The van der Waals surface area contributed by atoms with Crippen LogP contribution in [0.25, 0.3) is 0 Å². The molecule has 2 aliphatic rings. The number of aryl methyl sites for hydroxylation is 3. The van der Waals surface area contributed by atoms with Gasteiger partial charge in [0.2, 0.25) is 11.9 Å². The number of hydrogen-bond donors (Lipinski definition) is 3. The molecule has 11 nitrogen and oxygen atoms in total. The van der Waals surface area contributed by atoms with Crippen molar-refractivity contribution in [2.45, 2.75) is 25.7 Å². The number of rotatable bonds is 4. The van der Waals surface area contributed by atoms with E-state index in [4.69, 9.17) is 11.6 Å². The average molecular weight is 558 g/mol. The largest absolute Gasteiger partial charge is 0.339 e. The Kier molecular flexibility index (Phi) is 7.04. The molecule has 0 unspecified atom stereocenters. The van der Waals surface area contributed by atoms with Gasteiger partial charge >= 0.3 is 0 Å². The number of nitrogens with zero attached hydrogens (tertiary/aromatic N) is 6. The smallest absolute Gasteiger partial charge is 0.274 e. The summed E-state index contributed by atoms with van der Waals surface area (Å²) in [5.74, 6) is 0.794. The van der Waals surface area contributed by atoms with Crippen molar-refractivity contribution in [1.82, 2.24) is 29.6 Å². The van der Waals surface area contributed by atoms with E-state index in [2.05, 4.69) is 36.0 Å². The molecule has 3 aromatic heterocycles.